The molecular formula is C28H28FN5O. The molecule has 3 heterocycles. The Morgan fingerprint density at radius 3 is 2.57 bits per heavy atom. The van der Waals surface area contributed by atoms with Gasteiger partial charge >= 0.3 is 0 Å². The number of nitrogens with zero attached hydrogens (tertiary/aromatic N) is 5. The standard InChI is InChI=1S/C28H28FN5O/c1-35-26-11-10-20(29)16-19(26)18-32-12-14-33(15-13-32)28-22-7-3-2-6-21(22)23(17-30)27-31-24-8-4-5-9-25(24)34(27)28/h4-5,8-11,16H,2-3,6-7,12-15,18H2,1H3. The Kier molecular flexibility index (Phi) is 5.54. The quantitative estimate of drug-likeness (QED) is 0.433. The number of anilines is 1. The van der Waals surface area contributed by atoms with Crippen LogP contribution in [0.1, 0.15) is 35.1 Å². The molecule has 0 atom stereocenters. The zero-order chi connectivity index (χ0) is 23.9. The molecule has 2 aromatic carbocycles. The average Bonchev–Trinajstić information content (AvgIpc) is 3.27. The average molecular weight is 470 g/mol. The van der Waals surface area contributed by atoms with Gasteiger partial charge in [-0.25, -0.2) is 9.37 Å². The van der Waals surface area contributed by atoms with E-state index in [0.717, 1.165) is 85.4 Å². The van der Waals surface area contributed by atoms with Crippen molar-refractivity contribution in [3.05, 3.63) is 70.5 Å². The van der Waals surface area contributed by atoms with Crippen molar-refractivity contribution < 1.29 is 9.13 Å². The van der Waals surface area contributed by atoms with Crippen LogP contribution in [0.4, 0.5) is 10.2 Å². The van der Waals surface area contributed by atoms with E-state index in [9.17, 15) is 9.65 Å². The molecule has 2 aliphatic rings. The molecule has 0 unspecified atom stereocenters. The van der Waals surface area contributed by atoms with Gasteiger partial charge < -0.3 is 9.64 Å². The number of imidazole rings is 1. The summed E-state index contributed by atoms with van der Waals surface area (Å²) >= 11 is 0. The Morgan fingerprint density at radius 1 is 1.03 bits per heavy atom. The number of hydrogen-bond donors (Lipinski definition) is 0. The molecule has 0 bridgehead atoms. The summed E-state index contributed by atoms with van der Waals surface area (Å²) in [5.41, 5.74) is 6.85. The van der Waals surface area contributed by atoms with E-state index in [-0.39, 0.29) is 5.82 Å². The van der Waals surface area contributed by atoms with Crippen LogP contribution in [0.3, 0.4) is 0 Å². The monoisotopic (exact) mass is 469 g/mol. The lowest BCUT2D eigenvalue weighted by atomic mass is 9.88. The fraction of sp³-hybridized carbons (Fsp3) is 0.357. The van der Waals surface area contributed by atoms with Crippen molar-refractivity contribution in [3.63, 3.8) is 0 Å². The number of hydrogen-bond acceptors (Lipinski definition) is 5. The first-order valence-corrected chi connectivity index (χ1v) is 12.3. The maximum Gasteiger partial charge on any atom is 0.157 e. The van der Waals surface area contributed by atoms with Crippen molar-refractivity contribution in [1.82, 2.24) is 14.3 Å². The Bertz CT molecular complexity index is 1460. The second-order valence-electron chi connectivity index (χ2n) is 9.45. The Morgan fingerprint density at radius 2 is 1.80 bits per heavy atom. The number of fused-ring (bicyclic) bond motifs is 4. The van der Waals surface area contributed by atoms with E-state index in [1.54, 1.807) is 19.2 Å². The predicted molar refractivity (Wildman–Crippen MR) is 134 cm³/mol. The SMILES string of the molecule is COc1ccc(F)cc1CN1CCN(c2c3c(c(C#N)c4nc5ccccc5n24)CCCC3)CC1. The van der Waals surface area contributed by atoms with Crippen LogP contribution in [0.5, 0.6) is 5.75 Å². The van der Waals surface area contributed by atoms with E-state index in [0.29, 0.717) is 6.54 Å². The maximum atomic E-state index is 13.9. The number of aromatic nitrogens is 2. The molecule has 0 N–H and O–H groups in total. The molecule has 1 aliphatic carbocycles. The zero-order valence-electron chi connectivity index (χ0n) is 19.9. The molecular weight excluding hydrogens is 441 g/mol. The second-order valence-corrected chi connectivity index (χ2v) is 9.45. The second kappa shape index (κ2) is 8.86. The van der Waals surface area contributed by atoms with E-state index >= 15 is 0 Å². The number of piperazine rings is 1. The number of rotatable bonds is 4. The fourth-order valence-corrected chi connectivity index (χ4v) is 5.79. The van der Waals surface area contributed by atoms with E-state index in [4.69, 9.17) is 9.72 Å². The molecule has 0 saturated carbocycles. The minimum atomic E-state index is -0.238. The molecule has 1 saturated heterocycles. The Balaban J connectivity index is 1.38. The lowest BCUT2D eigenvalue weighted by Crippen LogP contribution is -2.47. The molecule has 2 aromatic heterocycles. The minimum absolute atomic E-state index is 0.238. The molecule has 0 radical (unpaired) electrons. The van der Waals surface area contributed by atoms with Gasteiger partial charge in [0.15, 0.2) is 5.65 Å². The molecule has 4 aromatic rings. The number of pyridine rings is 1. The van der Waals surface area contributed by atoms with E-state index in [1.165, 1.54) is 23.0 Å². The van der Waals surface area contributed by atoms with Gasteiger partial charge in [-0.05, 0) is 67.1 Å². The van der Waals surface area contributed by atoms with Gasteiger partial charge in [-0.1, -0.05) is 12.1 Å². The van der Waals surface area contributed by atoms with Crippen LogP contribution in [-0.4, -0.2) is 47.6 Å². The van der Waals surface area contributed by atoms with Crippen LogP contribution in [0, 0.1) is 17.1 Å². The van der Waals surface area contributed by atoms with Crippen LogP contribution in [0.25, 0.3) is 16.7 Å². The molecule has 1 fully saturated rings. The van der Waals surface area contributed by atoms with Gasteiger partial charge in [-0.3, -0.25) is 9.30 Å². The summed E-state index contributed by atoms with van der Waals surface area (Å²) in [6.45, 7) is 4.10. The summed E-state index contributed by atoms with van der Waals surface area (Å²) in [5, 5.41) is 10.1. The van der Waals surface area contributed by atoms with Crippen molar-refractivity contribution in [2.24, 2.45) is 0 Å². The zero-order valence-corrected chi connectivity index (χ0v) is 19.9. The summed E-state index contributed by atoms with van der Waals surface area (Å²) in [6.07, 6.45) is 4.18. The number of para-hydroxylation sites is 2. The van der Waals surface area contributed by atoms with Gasteiger partial charge in [-0.15, -0.1) is 0 Å². The van der Waals surface area contributed by atoms with Crippen molar-refractivity contribution in [1.29, 1.82) is 5.26 Å². The van der Waals surface area contributed by atoms with Gasteiger partial charge in [0.1, 0.15) is 23.5 Å². The molecule has 1 aliphatic heterocycles. The molecule has 178 valence electrons. The van der Waals surface area contributed by atoms with Crippen molar-refractivity contribution >= 4 is 22.5 Å². The van der Waals surface area contributed by atoms with Gasteiger partial charge in [0.05, 0.1) is 23.7 Å². The fourth-order valence-electron chi connectivity index (χ4n) is 5.79. The van der Waals surface area contributed by atoms with Crippen LogP contribution in [0.15, 0.2) is 42.5 Å². The minimum Gasteiger partial charge on any atom is -0.496 e. The number of nitriles is 1. The first-order valence-electron chi connectivity index (χ1n) is 12.3. The highest BCUT2D eigenvalue weighted by Gasteiger charge is 2.29. The molecule has 7 heteroatoms. The molecule has 0 spiro atoms. The lowest BCUT2D eigenvalue weighted by molar-refractivity contribution is 0.245. The largest absolute Gasteiger partial charge is 0.496 e. The van der Waals surface area contributed by atoms with E-state index in [1.807, 2.05) is 18.2 Å². The highest BCUT2D eigenvalue weighted by atomic mass is 19.1. The number of methoxy groups -OCH3 is 1. The molecule has 35 heavy (non-hydrogen) atoms. The summed E-state index contributed by atoms with van der Waals surface area (Å²) in [5.74, 6) is 1.69. The first-order chi connectivity index (χ1) is 17.2. The van der Waals surface area contributed by atoms with E-state index in [2.05, 4.69) is 26.3 Å². The summed E-state index contributed by atoms with van der Waals surface area (Å²) in [4.78, 5) is 9.72. The van der Waals surface area contributed by atoms with Crippen molar-refractivity contribution in [2.75, 3.05) is 38.2 Å². The topological polar surface area (TPSA) is 56.8 Å². The van der Waals surface area contributed by atoms with Crippen molar-refractivity contribution in [3.8, 4) is 11.8 Å². The Labute approximate surface area is 204 Å². The summed E-state index contributed by atoms with van der Waals surface area (Å²) in [6, 6.07) is 15.4. The number of halogens is 1. The summed E-state index contributed by atoms with van der Waals surface area (Å²) < 4.78 is 21.6. The van der Waals surface area contributed by atoms with Gasteiger partial charge in [-0.2, -0.15) is 5.26 Å². The maximum absolute atomic E-state index is 13.9. The van der Waals surface area contributed by atoms with Crippen LogP contribution >= 0.6 is 0 Å². The van der Waals surface area contributed by atoms with Gasteiger partial charge in [0.2, 0.25) is 0 Å². The molecule has 6 rings (SSSR count). The highest BCUT2D eigenvalue weighted by Crippen LogP contribution is 2.38. The van der Waals surface area contributed by atoms with Crippen molar-refractivity contribution in [2.45, 2.75) is 32.2 Å². The third kappa shape index (κ3) is 3.69. The third-order valence-electron chi connectivity index (χ3n) is 7.46. The van der Waals surface area contributed by atoms with Crippen LogP contribution in [0.2, 0.25) is 0 Å². The lowest BCUT2D eigenvalue weighted by Gasteiger charge is -2.38. The summed E-state index contributed by atoms with van der Waals surface area (Å²) in [7, 11) is 1.63. The predicted octanol–water partition coefficient (Wildman–Crippen LogP) is 4.71. The van der Waals surface area contributed by atoms with Crippen LogP contribution in [-0.2, 0) is 19.4 Å². The molecule has 0 amide bonds. The normalized spacial score (nSPS) is 16.4. The van der Waals surface area contributed by atoms with E-state index < -0.39 is 0 Å². The van der Waals surface area contributed by atoms with Gasteiger partial charge in [0, 0.05) is 38.3 Å². The third-order valence-corrected chi connectivity index (χ3v) is 7.46. The number of benzene rings is 2. The Hall–Kier alpha value is -3.63. The smallest absolute Gasteiger partial charge is 0.157 e. The van der Waals surface area contributed by atoms with Crippen LogP contribution < -0.4 is 9.64 Å². The molecule has 6 nitrogen and oxygen atoms in total. The van der Waals surface area contributed by atoms with Gasteiger partial charge in [0.25, 0.3) is 0 Å². The number of ether oxygens (including phenoxy) is 1. The first kappa shape index (κ1) is 21.9. The highest BCUT2D eigenvalue weighted by molar-refractivity contribution is 5.86.